The van der Waals surface area contributed by atoms with Gasteiger partial charge >= 0.3 is 0 Å². The van der Waals surface area contributed by atoms with E-state index in [-0.39, 0.29) is 6.04 Å². The molecule has 0 aliphatic carbocycles. The number of rotatable bonds is 4. The quantitative estimate of drug-likeness (QED) is 0.852. The summed E-state index contributed by atoms with van der Waals surface area (Å²) < 4.78 is 5.31. The Balaban J connectivity index is 1.63. The Morgan fingerprint density at radius 3 is 3.05 bits per heavy atom. The number of aliphatic imine (C=N–C) groups is 1. The van der Waals surface area contributed by atoms with E-state index in [4.69, 9.17) is 10.5 Å². The minimum absolute atomic E-state index is 0.0802. The molecule has 2 aliphatic rings. The van der Waals surface area contributed by atoms with Crippen LogP contribution in [-0.2, 0) is 0 Å². The highest BCUT2D eigenvalue weighted by Gasteiger charge is 2.25. The fourth-order valence-corrected chi connectivity index (χ4v) is 3.02. The molecule has 0 saturated carbocycles. The maximum absolute atomic E-state index is 9.89. The van der Waals surface area contributed by atoms with E-state index < -0.39 is 6.10 Å². The van der Waals surface area contributed by atoms with Crippen molar-refractivity contribution in [2.45, 2.75) is 18.6 Å². The van der Waals surface area contributed by atoms with E-state index >= 15 is 0 Å². The van der Waals surface area contributed by atoms with Crippen LogP contribution in [0.4, 0.5) is 11.4 Å². The Hall–Kier alpha value is -1.63. The second kappa shape index (κ2) is 6.64. The second-order valence-corrected chi connectivity index (χ2v) is 5.93. The molecule has 2 heterocycles. The minimum Gasteiger partial charge on any atom is -0.497 e. The van der Waals surface area contributed by atoms with Gasteiger partial charge in [0, 0.05) is 38.0 Å². The van der Waals surface area contributed by atoms with Gasteiger partial charge in [-0.2, -0.15) is 0 Å². The molecule has 0 aromatic heterocycles. The number of fused-ring (bicyclic) bond motifs is 1. The smallest absolute Gasteiger partial charge is 0.121 e. The van der Waals surface area contributed by atoms with Gasteiger partial charge in [-0.3, -0.25) is 9.89 Å². The van der Waals surface area contributed by atoms with Crippen LogP contribution in [0.3, 0.4) is 0 Å². The molecule has 0 unspecified atom stereocenters. The highest BCUT2D eigenvalue weighted by molar-refractivity contribution is 5.82. The number of hydrogen-bond acceptors (Lipinski definition) is 6. The topological polar surface area (TPSA) is 74.3 Å². The van der Waals surface area contributed by atoms with E-state index in [9.17, 15) is 5.11 Å². The molecule has 0 amide bonds. The lowest BCUT2D eigenvalue weighted by atomic mass is 10.0. The predicted molar refractivity (Wildman–Crippen MR) is 88.4 cm³/mol. The normalized spacial score (nSPS) is 25.1. The predicted octanol–water partition coefficient (Wildman–Crippen LogP) is 0.611. The molecule has 2 aliphatic heterocycles. The molecule has 22 heavy (non-hydrogen) atoms. The SMILES string of the molecule is COc1ccc2c(c1)N(CCN1CC[C@H](N)[C@H](O)C1)CC=N2. The van der Waals surface area contributed by atoms with Crippen molar-refractivity contribution in [2.75, 3.05) is 44.7 Å². The molecule has 1 aromatic rings. The van der Waals surface area contributed by atoms with Crippen molar-refractivity contribution >= 4 is 17.6 Å². The van der Waals surface area contributed by atoms with Crippen LogP contribution in [0.25, 0.3) is 0 Å². The Labute approximate surface area is 131 Å². The van der Waals surface area contributed by atoms with Crippen LogP contribution in [-0.4, -0.2) is 68.2 Å². The Morgan fingerprint density at radius 1 is 1.41 bits per heavy atom. The van der Waals surface area contributed by atoms with Gasteiger partial charge in [-0.25, -0.2) is 0 Å². The van der Waals surface area contributed by atoms with Crippen molar-refractivity contribution in [2.24, 2.45) is 10.7 Å². The fraction of sp³-hybridized carbons (Fsp3) is 0.562. The first-order valence-electron chi connectivity index (χ1n) is 7.79. The van der Waals surface area contributed by atoms with Gasteiger partial charge in [-0.1, -0.05) is 0 Å². The van der Waals surface area contributed by atoms with Crippen molar-refractivity contribution in [3.05, 3.63) is 18.2 Å². The van der Waals surface area contributed by atoms with Crippen LogP contribution in [0.1, 0.15) is 6.42 Å². The number of likely N-dealkylation sites (tertiary alicyclic amines) is 1. The number of β-amino-alcohol motifs (C(OH)–C–C–N with tert-alkyl or cyclic N) is 1. The number of hydrogen-bond donors (Lipinski definition) is 2. The number of anilines is 1. The molecule has 1 aromatic carbocycles. The van der Waals surface area contributed by atoms with Crippen molar-refractivity contribution in [1.82, 2.24) is 4.90 Å². The van der Waals surface area contributed by atoms with Crippen molar-refractivity contribution < 1.29 is 9.84 Å². The zero-order valence-corrected chi connectivity index (χ0v) is 13.0. The van der Waals surface area contributed by atoms with Crippen molar-refractivity contribution in [1.29, 1.82) is 0 Å². The first-order valence-corrected chi connectivity index (χ1v) is 7.79. The third-order valence-corrected chi connectivity index (χ3v) is 4.46. The summed E-state index contributed by atoms with van der Waals surface area (Å²) in [6.45, 7) is 4.22. The average Bonchev–Trinajstić information content (AvgIpc) is 2.55. The molecule has 3 rings (SSSR count). The van der Waals surface area contributed by atoms with E-state index in [2.05, 4.69) is 14.8 Å². The van der Waals surface area contributed by atoms with Gasteiger partial charge in [-0.05, 0) is 25.1 Å². The Bertz CT molecular complexity index is 549. The number of benzene rings is 1. The number of nitrogens with two attached hydrogens (primary N) is 1. The summed E-state index contributed by atoms with van der Waals surface area (Å²) in [7, 11) is 1.68. The van der Waals surface area contributed by atoms with Crippen molar-refractivity contribution in [3.8, 4) is 5.75 Å². The standard InChI is InChI=1S/C16H24N4O2/c1-22-12-2-3-14-15(10-12)20(7-5-18-14)9-8-19-6-4-13(17)16(21)11-19/h2-3,5,10,13,16,21H,4,6-9,11,17H2,1H3/t13-,16+/m0/s1. The monoisotopic (exact) mass is 304 g/mol. The zero-order chi connectivity index (χ0) is 15.5. The number of methoxy groups -OCH3 is 1. The molecule has 0 spiro atoms. The van der Waals surface area contributed by atoms with Gasteiger partial charge in [0.25, 0.3) is 0 Å². The van der Waals surface area contributed by atoms with E-state index in [1.54, 1.807) is 7.11 Å². The molecule has 6 nitrogen and oxygen atoms in total. The first-order chi connectivity index (χ1) is 10.7. The van der Waals surface area contributed by atoms with Gasteiger partial charge in [-0.15, -0.1) is 0 Å². The summed E-state index contributed by atoms with van der Waals surface area (Å²) in [6.07, 6.45) is 2.38. The average molecular weight is 304 g/mol. The molecular formula is C16H24N4O2. The van der Waals surface area contributed by atoms with E-state index in [1.807, 2.05) is 24.4 Å². The summed E-state index contributed by atoms with van der Waals surface area (Å²) in [6, 6.07) is 5.87. The molecular weight excluding hydrogens is 280 g/mol. The molecule has 0 bridgehead atoms. The summed E-state index contributed by atoms with van der Waals surface area (Å²) in [5.74, 6) is 0.847. The second-order valence-electron chi connectivity index (χ2n) is 5.93. The van der Waals surface area contributed by atoms with Crippen molar-refractivity contribution in [3.63, 3.8) is 0 Å². The maximum atomic E-state index is 9.89. The number of aliphatic hydroxyl groups excluding tert-OH is 1. The lowest BCUT2D eigenvalue weighted by molar-refractivity contribution is 0.0550. The highest BCUT2D eigenvalue weighted by atomic mass is 16.5. The van der Waals surface area contributed by atoms with Gasteiger partial charge in [0.2, 0.25) is 0 Å². The summed E-state index contributed by atoms with van der Waals surface area (Å²) in [5, 5.41) is 9.89. The summed E-state index contributed by atoms with van der Waals surface area (Å²) >= 11 is 0. The fourth-order valence-electron chi connectivity index (χ4n) is 3.02. The van der Waals surface area contributed by atoms with Crippen LogP contribution >= 0.6 is 0 Å². The highest BCUT2D eigenvalue weighted by Crippen LogP contribution is 2.34. The summed E-state index contributed by atoms with van der Waals surface area (Å²) in [4.78, 5) is 9.02. The lowest BCUT2D eigenvalue weighted by Crippen LogP contribution is -2.52. The van der Waals surface area contributed by atoms with Gasteiger partial charge in [0.15, 0.2) is 0 Å². The zero-order valence-electron chi connectivity index (χ0n) is 13.0. The van der Waals surface area contributed by atoms with Gasteiger partial charge < -0.3 is 20.5 Å². The van der Waals surface area contributed by atoms with E-state index in [0.717, 1.165) is 49.7 Å². The number of ether oxygens (including phenoxy) is 1. The van der Waals surface area contributed by atoms with Gasteiger partial charge in [0.05, 0.1) is 31.1 Å². The molecule has 6 heteroatoms. The molecule has 120 valence electrons. The Morgan fingerprint density at radius 2 is 2.27 bits per heavy atom. The van der Waals surface area contributed by atoms with E-state index in [1.165, 1.54) is 0 Å². The largest absolute Gasteiger partial charge is 0.497 e. The molecule has 3 N–H and O–H groups in total. The van der Waals surface area contributed by atoms with E-state index in [0.29, 0.717) is 6.54 Å². The molecule has 0 radical (unpaired) electrons. The number of aliphatic hydroxyl groups is 1. The Kier molecular flexibility index (Phi) is 4.61. The van der Waals surface area contributed by atoms with Crippen LogP contribution in [0.2, 0.25) is 0 Å². The number of piperidine rings is 1. The van der Waals surface area contributed by atoms with Crippen LogP contribution in [0.5, 0.6) is 5.75 Å². The lowest BCUT2D eigenvalue weighted by Gasteiger charge is -2.36. The third kappa shape index (κ3) is 3.24. The molecule has 1 saturated heterocycles. The first kappa shape index (κ1) is 15.3. The van der Waals surface area contributed by atoms with Gasteiger partial charge in [0.1, 0.15) is 5.75 Å². The third-order valence-electron chi connectivity index (χ3n) is 4.46. The van der Waals surface area contributed by atoms with Crippen LogP contribution in [0, 0.1) is 0 Å². The van der Waals surface area contributed by atoms with Crippen LogP contribution < -0.4 is 15.4 Å². The minimum atomic E-state index is -0.413. The number of nitrogens with zero attached hydrogens (tertiary/aromatic N) is 3. The molecule has 1 fully saturated rings. The molecule has 2 atom stereocenters. The van der Waals surface area contributed by atoms with Crippen LogP contribution in [0.15, 0.2) is 23.2 Å². The summed E-state index contributed by atoms with van der Waals surface area (Å²) in [5.41, 5.74) is 7.94. The maximum Gasteiger partial charge on any atom is 0.121 e.